The summed E-state index contributed by atoms with van der Waals surface area (Å²) in [6, 6.07) is 5.69. The fraction of sp³-hybridized carbons (Fsp3) is 0.500. The number of hydrogen-bond donors (Lipinski definition) is 1. The molecule has 1 aromatic rings. The van der Waals surface area contributed by atoms with Crippen LogP contribution in [0.3, 0.4) is 0 Å². The van der Waals surface area contributed by atoms with Gasteiger partial charge in [0.2, 0.25) is 0 Å². The minimum absolute atomic E-state index is 0.188. The fourth-order valence-electron chi connectivity index (χ4n) is 2.14. The van der Waals surface area contributed by atoms with Crippen LogP contribution in [0.15, 0.2) is 23.1 Å². The van der Waals surface area contributed by atoms with Crippen LogP contribution in [0.1, 0.15) is 12.5 Å². The summed E-state index contributed by atoms with van der Waals surface area (Å²) in [5.41, 5.74) is 7.41. The molecule has 0 saturated heterocycles. The Labute approximate surface area is 102 Å². The highest BCUT2D eigenvalue weighted by molar-refractivity contribution is 7.91. The summed E-state index contributed by atoms with van der Waals surface area (Å²) in [6.45, 7) is 3.80. The van der Waals surface area contributed by atoms with Crippen molar-refractivity contribution in [3.05, 3.63) is 23.8 Å². The smallest absolute Gasteiger partial charge is 0.182 e. The topological polar surface area (TPSA) is 63.4 Å². The van der Waals surface area contributed by atoms with Gasteiger partial charge in [-0.15, -0.1) is 0 Å². The standard InChI is InChI=1S/C12H18N2O2S/c1-2-10-3-4-11-12(9-10)17(15,16)8-7-14(11)6-5-13/h3-4,9H,2,5-8,13H2,1H3. The predicted octanol–water partition coefficient (Wildman–Crippen LogP) is 0.801. The van der Waals surface area contributed by atoms with E-state index >= 15 is 0 Å². The summed E-state index contributed by atoms with van der Waals surface area (Å²) in [5, 5.41) is 0. The Balaban J connectivity index is 2.51. The monoisotopic (exact) mass is 254 g/mol. The normalized spacial score (nSPS) is 17.9. The molecule has 4 nitrogen and oxygen atoms in total. The quantitative estimate of drug-likeness (QED) is 0.866. The molecule has 0 atom stereocenters. The molecule has 0 radical (unpaired) electrons. The van der Waals surface area contributed by atoms with E-state index in [1.165, 1.54) is 0 Å². The summed E-state index contributed by atoms with van der Waals surface area (Å²) in [7, 11) is -3.11. The highest BCUT2D eigenvalue weighted by Gasteiger charge is 2.27. The van der Waals surface area contributed by atoms with E-state index in [0.29, 0.717) is 24.5 Å². The van der Waals surface area contributed by atoms with Crippen molar-refractivity contribution in [3.63, 3.8) is 0 Å². The summed E-state index contributed by atoms with van der Waals surface area (Å²) >= 11 is 0. The van der Waals surface area contributed by atoms with Gasteiger partial charge in [0, 0.05) is 19.6 Å². The molecule has 0 fully saturated rings. The molecule has 0 amide bonds. The lowest BCUT2D eigenvalue weighted by atomic mass is 10.1. The second-order valence-electron chi connectivity index (χ2n) is 4.25. The van der Waals surface area contributed by atoms with Gasteiger partial charge in [-0.2, -0.15) is 0 Å². The Bertz CT molecular complexity index is 511. The average molecular weight is 254 g/mol. The lowest BCUT2D eigenvalue weighted by molar-refractivity contribution is 0.589. The maximum absolute atomic E-state index is 12.0. The molecule has 0 aliphatic carbocycles. The number of benzene rings is 1. The molecule has 0 unspecified atom stereocenters. The molecule has 0 bridgehead atoms. The van der Waals surface area contributed by atoms with Crippen molar-refractivity contribution >= 4 is 15.5 Å². The minimum atomic E-state index is -3.11. The summed E-state index contributed by atoms with van der Waals surface area (Å²) in [5.74, 6) is 0.188. The van der Waals surface area contributed by atoms with Crippen LogP contribution >= 0.6 is 0 Å². The summed E-state index contributed by atoms with van der Waals surface area (Å²) in [6.07, 6.45) is 0.847. The third-order valence-electron chi connectivity index (χ3n) is 3.14. The molecule has 17 heavy (non-hydrogen) atoms. The summed E-state index contributed by atoms with van der Waals surface area (Å²) in [4.78, 5) is 2.52. The molecule has 2 rings (SSSR count). The van der Waals surface area contributed by atoms with Gasteiger partial charge >= 0.3 is 0 Å². The highest BCUT2D eigenvalue weighted by Crippen LogP contribution is 2.31. The van der Waals surface area contributed by atoms with E-state index in [4.69, 9.17) is 5.73 Å². The van der Waals surface area contributed by atoms with Gasteiger partial charge in [0.25, 0.3) is 0 Å². The highest BCUT2D eigenvalue weighted by atomic mass is 32.2. The molecule has 0 saturated carbocycles. The molecule has 0 spiro atoms. The third-order valence-corrected chi connectivity index (χ3v) is 4.85. The van der Waals surface area contributed by atoms with E-state index in [1.807, 2.05) is 19.1 Å². The maximum Gasteiger partial charge on any atom is 0.182 e. The maximum atomic E-state index is 12.0. The van der Waals surface area contributed by atoms with Crippen LogP contribution < -0.4 is 10.6 Å². The van der Waals surface area contributed by atoms with Gasteiger partial charge < -0.3 is 10.6 Å². The van der Waals surface area contributed by atoms with E-state index in [1.54, 1.807) is 6.07 Å². The Morgan fingerprint density at radius 3 is 2.82 bits per heavy atom. The van der Waals surface area contributed by atoms with Crippen LogP contribution in [0.4, 0.5) is 5.69 Å². The van der Waals surface area contributed by atoms with Crippen molar-refractivity contribution in [2.45, 2.75) is 18.2 Å². The average Bonchev–Trinajstić information content (AvgIpc) is 2.33. The van der Waals surface area contributed by atoms with Crippen molar-refractivity contribution < 1.29 is 8.42 Å². The first kappa shape index (κ1) is 12.4. The van der Waals surface area contributed by atoms with Crippen LogP contribution in [0, 0.1) is 0 Å². The zero-order chi connectivity index (χ0) is 12.5. The van der Waals surface area contributed by atoms with E-state index < -0.39 is 9.84 Å². The number of fused-ring (bicyclic) bond motifs is 1. The van der Waals surface area contributed by atoms with Crippen LogP contribution in [-0.4, -0.2) is 33.8 Å². The van der Waals surface area contributed by atoms with Gasteiger partial charge in [-0.3, -0.25) is 0 Å². The molecule has 1 aliphatic heterocycles. The van der Waals surface area contributed by atoms with Gasteiger partial charge in [-0.1, -0.05) is 13.0 Å². The molecular weight excluding hydrogens is 236 g/mol. The van der Waals surface area contributed by atoms with Gasteiger partial charge in [-0.05, 0) is 24.1 Å². The molecule has 0 aromatic heterocycles. The van der Waals surface area contributed by atoms with Crippen LogP contribution in [0.25, 0.3) is 0 Å². The molecule has 1 aromatic carbocycles. The van der Waals surface area contributed by atoms with Crippen molar-refractivity contribution in [2.75, 3.05) is 30.3 Å². The lowest BCUT2D eigenvalue weighted by Crippen LogP contribution is -2.38. The first-order valence-electron chi connectivity index (χ1n) is 5.89. The van der Waals surface area contributed by atoms with Crippen LogP contribution in [-0.2, 0) is 16.3 Å². The predicted molar refractivity (Wildman–Crippen MR) is 69.1 cm³/mol. The number of rotatable bonds is 3. The number of nitrogens with two attached hydrogens (primary N) is 1. The second kappa shape index (κ2) is 4.66. The zero-order valence-electron chi connectivity index (χ0n) is 10.0. The van der Waals surface area contributed by atoms with E-state index in [-0.39, 0.29) is 5.75 Å². The molecule has 5 heteroatoms. The number of aryl methyl sites for hydroxylation is 1. The largest absolute Gasteiger partial charge is 0.368 e. The number of hydrogen-bond acceptors (Lipinski definition) is 4. The van der Waals surface area contributed by atoms with Crippen LogP contribution in [0.5, 0.6) is 0 Å². The molecule has 1 aliphatic rings. The van der Waals surface area contributed by atoms with E-state index in [9.17, 15) is 8.42 Å². The fourth-order valence-corrected chi connectivity index (χ4v) is 3.67. The Morgan fingerprint density at radius 1 is 1.41 bits per heavy atom. The van der Waals surface area contributed by atoms with Gasteiger partial charge in [0.05, 0.1) is 16.3 Å². The summed E-state index contributed by atoms with van der Waals surface area (Å²) < 4.78 is 24.1. The molecule has 1 heterocycles. The number of nitrogens with zero attached hydrogens (tertiary/aromatic N) is 1. The number of anilines is 1. The van der Waals surface area contributed by atoms with Crippen LogP contribution in [0.2, 0.25) is 0 Å². The third kappa shape index (κ3) is 2.30. The second-order valence-corrected chi connectivity index (χ2v) is 6.33. The molecule has 2 N–H and O–H groups in total. The lowest BCUT2D eigenvalue weighted by Gasteiger charge is -2.30. The Morgan fingerprint density at radius 2 is 2.18 bits per heavy atom. The van der Waals surface area contributed by atoms with Gasteiger partial charge in [0.15, 0.2) is 9.84 Å². The zero-order valence-corrected chi connectivity index (χ0v) is 10.8. The Kier molecular flexibility index (Phi) is 3.40. The molecule has 94 valence electrons. The van der Waals surface area contributed by atoms with Crippen molar-refractivity contribution in [1.29, 1.82) is 0 Å². The number of sulfone groups is 1. The van der Waals surface area contributed by atoms with Crippen molar-refractivity contribution in [3.8, 4) is 0 Å². The van der Waals surface area contributed by atoms with Crippen molar-refractivity contribution in [2.24, 2.45) is 5.73 Å². The van der Waals surface area contributed by atoms with E-state index in [0.717, 1.165) is 17.7 Å². The first-order valence-corrected chi connectivity index (χ1v) is 7.54. The minimum Gasteiger partial charge on any atom is -0.368 e. The SMILES string of the molecule is CCc1ccc2c(c1)S(=O)(=O)CCN2CCN. The van der Waals surface area contributed by atoms with Crippen molar-refractivity contribution in [1.82, 2.24) is 0 Å². The van der Waals surface area contributed by atoms with E-state index in [2.05, 4.69) is 4.90 Å². The first-order chi connectivity index (χ1) is 8.08. The Hall–Kier alpha value is -1.07. The molecular formula is C12H18N2O2S. The van der Waals surface area contributed by atoms with Gasteiger partial charge in [-0.25, -0.2) is 8.42 Å². The van der Waals surface area contributed by atoms with Gasteiger partial charge in [0.1, 0.15) is 0 Å².